The number of halogens is 3. The first-order valence-corrected chi connectivity index (χ1v) is 5.51. The van der Waals surface area contributed by atoms with Crippen LogP contribution in [0.2, 0.25) is 0 Å². The first kappa shape index (κ1) is 13.3. The molecule has 0 spiro atoms. The Balaban J connectivity index is 1.87. The van der Waals surface area contributed by atoms with Crippen LogP contribution in [0.3, 0.4) is 0 Å². The molecule has 3 nitrogen and oxygen atoms in total. The van der Waals surface area contributed by atoms with Crippen molar-refractivity contribution in [2.24, 2.45) is 5.92 Å². The van der Waals surface area contributed by atoms with Crippen molar-refractivity contribution in [3.8, 4) is 0 Å². The first-order chi connectivity index (χ1) is 7.47. The zero-order valence-corrected chi connectivity index (χ0v) is 9.07. The van der Waals surface area contributed by atoms with E-state index in [9.17, 15) is 18.0 Å². The van der Waals surface area contributed by atoms with Crippen LogP contribution in [0.15, 0.2) is 0 Å². The molecule has 1 rings (SSSR count). The van der Waals surface area contributed by atoms with Gasteiger partial charge in [0.05, 0.1) is 6.54 Å². The lowest BCUT2D eigenvalue weighted by atomic mass is 10.3. The molecule has 0 aromatic carbocycles. The molecule has 0 aromatic heterocycles. The van der Waals surface area contributed by atoms with Gasteiger partial charge in [-0.25, -0.2) is 0 Å². The molecule has 2 N–H and O–H groups in total. The topological polar surface area (TPSA) is 41.1 Å². The minimum Gasteiger partial charge on any atom is -0.355 e. The average Bonchev–Trinajstić information content (AvgIpc) is 2.95. The number of rotatable bonds is 7. The summed E-state index contributed by atoms with van der Waals surface area (Å²) in [6.45, 7) is 1.02. The Hall–Kier alpha value is -0.780. The molecule has 1 aliphatic carbocycles. The molecule has 0 saturated heterocycles. The lowest BCUT2D eigenvalue weighted by Crippen LogP contribution is -2.35. The van der Waals surface area contributed by atoms with Crippen LogP contribution in [0.5, 0.6) is 0 Å². The van der Waals surface area contributed by atoms with Crippen molar-refractivity contribution in [2.45, 2.75) is 31.9 Å². The number of carbonyl (C=O) groups is 1. The molecule has 1 amide bonds. The van der Waals surface area contributed by atoms with Gasteiger partial charge in [0.25, 0.3) is 0 Å². The highest BCUT2D eigenvalue weighted by Crippen LogP contribution is 2.27. The lowest BCUT2D eigenvalue weighted by Gasteiger charge is -2.07. The molecule has 0 unspecified atom stereocenters. The molecule has 0 heterocycles. The van der Waals surface area contributed by atoms with Crippen molar-refractivity contribution in [1.29, 1.82) is 0 Å². The zero-order chi connectivity index (χ0) is 12.0. The van der Waals surface area contributed by atoms with Gasteiger partial charge < -0.3 is 10.6 Å². The fourth-order valence-electron chi connectivity index (χ4n) is 1.26. The van der Waals surface area contributed by atoms with Gasteiger partial charge in [-0.2, -0.15) is 13.2 Å². The summed E-state index contributed by atoms with van der Waals surface area (Å²) < 4.78 is 35.3. The van der Waals surface area contributed by atoms with Crippen molar-refractivity contribution in [3.05, 3.63) is 0 Å². The third kappa shape index (κ3) is 7.50. The van der Waals surface area contributed by atoms with Gasteiger partial charge in [-0.15, -0.1) is 0 Å². The van der Waals surface area contributed by atoms with Crippen LogP contribution in [0.25, 0.3) is 0 Å². The van der Waals surface area contributed by atoms with E-state index >= 15 is 0 Å². The Kier molecular flexibility index (Phi) is 5.05. The van der Waals surface area contributed by atoms with Crippen LogP contribution in [0, 0.1) is 5.92 Å². The number of carbonyl (C=O) groups excluding carboxylic acids is 1. The van der Waals surface area contributed by atoms with Crippen molar-refractivity contribution in [1.82, 2.24) is 10.6 Å². The highest BCUT2D eigenvalue weighted by atomic mass is 19.4. The van der Waals surface area contributed by atoms with Gasteiger partial charge in [0.15, 0.2) is 0 Å². The summed E-state index contributed by atoms with van der Waals surface area (Å²) in [7, 11) is 0. The van der Waals surface area contributed by atoms with Crippen LogP contribution in [0.1, 0.15) is 25.7 Å². The summed E-state index contributed by atoms with van der Waals surface area (Å²) in [5, 5.41) is 5.42. The van der Waals surface area contributed by atoms with E-state index in [1.807, 2.05) is 0 Å². The Morgan fingerprint density at radius 1 is 1.31 bits per heavy atom. The van der Waals surface area contributed by atoms with E-state index in [-0.39, 0.29) is 25.4 Å². The van der Waals surface area contributed by atoms with E-state index in [2.05, 4.69) is 10.6 Å². The monoisotopic (exact) mass is 238 g/mol. The fourth-order valence-corrected chi connectivity index (χ4v) is 1.26. The number of nitrogens with one attached hydrogen (secondary N) is 2. The van der Waals surface area contributed by atoms with Crippen LogP contribution in [0.4, 0.5) is 13.2 Å². The highest BCUT2D eigenvalue weighted by molar-refractivity contribution is 5.77. The SMILES string of the molecule is O=C(CNCCCC(F)(F)F)NCC1CC1. The Bertz CT molecular complexity index is 227. The van der Waals surface area contributed by atoms with Crippen LogP contribution < -0.4 is 10.6 Å². The number of alkyl halides is 3. The maximum absolute atomic E-state index is 11.8. The molecule has 94 valence electrons. The van der Waals surface area contributed by atoms with Gasteiger partial charge in [-0.05, 0) is 31.7 Å². The molecular formula is C10H17F3N2O. The van der Waals surface area contributed by atoms with E-state index in [1.54, 1.807) is 0 Å². The second kappa shape index (κ2) is 6.08. The quantitative estimate of drug-likeness (QED) is 0.659. The summed E-state index contributed by atoms with van der Waals surface area (Å²) >= 11 is 0. The van der Waals surface area contributed by atoms with Crippen LogP contribution in [-0.2, 0) is 4.79 Å². The Morgan fingerprint density at radius 3 is 2.56 bits per heavy atom. The molecule has 0 radical (unpaired) electrons. The van der Waals surface area contributed by atoms with Crippen LogP contribution >= 0.6 is 0 Å². The standard InChI is InChI=1S/C10H17F3N2O/c11-10(12,13)4-1-5-14-7-9(16)15-6-8-2-3-8/h8,14H,1-7H2,(H,15,16). The molecule has 0 aliphatic heterocycles. The van der Waals surface area contributed by atoms with Crippen molar-refractivity contribution in [3.63, 3.8) is 0 Å². The maximum atomic E-state index is 11.8. The summed E-state index contributed by atoms with van der Waals surface area (Å²) in [6.07, 6.45) is -2.56. The van der Waals surface area contributed by atoms with Gasteiger partial charge >= 0.3 is 6.18 Å². The number of hydrogen-bond donors (Lipinski definition) is 2. The molecular weight excluding hydrogens is 221 g/mol. The van der Waals surface area contributed by atoms with E-state index in [1.165, 1.54) is 12.8 Å². The van der Waals surface area contributed by atoms with E-state index in [4.69, 9.17) is 0 Å². The molecule has 0 atom stereocenters. The molecule has 0 bridgehead atoms. The van der Waals surface area contributed by atoms with Crippen molar-refractivity contribution in [2.75, 3.05) is 19.6 Å². The summed E-state index contributed by atoms with van der Waals surface area (Å²) in [6, 6.07) is 0. The average molecular weight is 238 g/mol. The number of hydrogen-bond acceptors (Lipinski definition) is 2. The number of amides is 1. The van der Waals surface area contributed by atoms with Crippen molar-refractivity contribution < 1.29 is 18.0 Å². The third-order valence-corrected chi connectivity index (χ3v) is 2.38. The normalized spacial score (nSPS) is 16.2. The molecule has 1 saturated carbocycles. The van der Waals surface area contributed by atoms with Gasteiger partial charge in [0.1, 0.15) is 0 Å². The van der Waals surface area contributed by atoms with Crippen LogP contribution in [-0.4, -0.2) is 31.7 Å². The molecule has 0 aromatic rings. The van der Waals surface area contributed by atoms with Gasteiger partial charge in [0, 0.05) is 13.0 Å². The second-order valence-electron chi connectivity index (χ2n) is 4.14. The van der Waals surface area contributed by atoms with Crippen molar-refractivity contribution >= 4 is 5.91 Å². The predicted octanol–water partition coefficient (Wildman–Crippen LogP) is 1.44. The van der Waals surface area contributed by atoms with E-state index in [0.29, 0.717) is 12.5 Å². The predicted molar refractivity (Wildman–Crippen MR) is 53.9 cm³/mol. The van der Waals surface area contributed by atoms with Gasteiger partial charge in [0.2, 0.25) is 5.91 Å². The zero-order valence-electron chi connectivity index (χ0n) is 9.07. The smallest absolute Gasteiger partial charge is 0.355 e. The Morgan fingerprint density at radius 2 is 2.00 bits per heavy atom. The second-order valence-corrected chi connectivity index (χ2v) is 4.14. The minimum atomic E-state index is -4.10. The summed E-state index contributed by atoms with van der Waals surface area (Å²) in [5.41, 5.74) is 0. The fraction of sp³-hybridized carbons (Fsp3) is 0.900. The van der Waals surface area contributed by atoms with Gasteiger partial charge in [-0.3, -0.25) is 4.79 Å². The summed E-state index contributed by atoms with van der Waals surface area (Å²) in [4.78, 5) is 11.1. The van der Waals surface area contributed by atoms with E-state index in [0.717, 1.165) is 0 Å². The maximum Gasteiger partial charge on any atom is 0.389 e. The highest BCUT2D eigenvalue weighted by Gasteiger charge is 2.25. The van der Waals surface area contributed by atoms with Gasteiger partial charge in [-0.1, -0.05) is 0 Å². The van der Waals surface area contributed by atoms with E-state index < -0.39 is 12.6 Å². The molecule has 1 fully saturated rings. The first-order valence-electron chi connectivity index (χ1n) is 5.51. The molecule has 1 aliphatic rings. The largest absolute Gasteiger partial charge is 0.389 e. The molecule has 6 heteroatoms. The third-order valence-electron chi connectivity index (χ3n) is 2.38. The Labute approximate surface area is 92.8 Å². The minimum absolute atomic E-state index is 0.0133. The lowest BCUT2D eigenvalue weighted by molar-refractivity contribution is -0.135. The molecule has 16 heavy (non-hydrogen) atoms. The summed E-state index contributed by atoms with van der Waals surface area (Å²) in [5.74, 6) is 0.480.